The molecule has 0 saturated carbocycles. The summed E-state index contributed by atoms with van der Waals surface area (Å²) in [4.78, 5) is 28.7. The number of piperazine rings is 1. The highest BCUT2D eigenvalue weighted by Gasteiger charge is 2.24. The molecular weight excluding hydrogens is 371 g/mol. The Labute approximate surface area is 158 Å². The SMILES string of the molecule is CN(C)c1csc2c(C(=O)O)c(=O)c3cc(F)c(N4CCNCC4)cc3n12. The number of pyridine rings is 1. The van der Waals surface area contributed by atoms with Gasteiger partial charge in [-0.1, -0.05) is 0 Å². The van der Waals surface area contributed by atoms with Crippen LogP contribution in [0.15, 0.2) is 22.3 Å². The minimum absolute atomic E-state index is 0.0720. The average Bonchev–Trinajstić information content (AvgIpc) is 3.07. The molecule has 0 amide bonds. The lowest BCUT2D eigenvalue weighted by molar-refractivity contribution is 0.0697. The van der Waals surface area contributed by atoms with Crippen molar-refractivity contribution in [3.05, 3.63) is 39.1 Å². The fourth-order valence-corrected chi connectivity index (χ4v) is 4.64. The van der Waals surface area contributed by atoms with Gasteiger partial charge in [0.15, 0.2) is 0 Å². The molecule has 0 bridgehead atoms. The van der Waals surface area contributed by atoms with Crippen LogP contribution in [-0.2, 0) is 0 Å². The van der Waals surface area contributed by atoms with E-state index in [0.717, 1.165) is 18.9 Å². The van der Waals surface area contributed by atoms with Gasteiger partial charge in [0.05, 0.1) is 16.6 Å². The van der Waals surface area contributed by atoms with Crippen molar-refractivity contribution in [3.8, 4) is 0 Å². The Bertz CT molecular complexity index is 1120. The van der Waals surface area contributed by atoms with Crippen molar-refractivity contribution in [3.63, 3.8) is 0 Å². The third-order valence-corrected chi connectivity index (χ3v) is 5.77. The molecule has 0 aliphatic carbocycles. The summed E-state index contributed by atoms with van der Waals surface area (Å²) in [6.07, 6.45) is 0. The number of anilines is 2. The van der Waals surface area contributed by atoms with Crippen molar-refractivity contribution >= 4 is 44.5 Å². The van der Waals surface area contributed by atoms with Crippen LogP contribution < -0.4 is 20.5 Å². The van der Waals surface area contributed by atoms with Gasteiger partial charge in [0.1, 0.15) is 22.0 Å². The summed E-state index contributed by atoms with van der Waals surface area (Å²) >= 11 is 1.19. The van der Waals surface area contributed by atoms with Crippen LogP contribution in [0.3, 0.4) is 0 Å². The third kappa shape index (κ3) is 2.74. The standard InChI is InChI=1S/C18H19FN4O3S/c1-21(2)14-9-27-17-15(18(25)26)16(24)10-7-11(19)13(8-12(10)23(14)17)22-5-3-20-4-6-22/h7-9,20H,3-6H2,1-2H3,(H,25,26). The molecule has 0 radical (unpaired) electrons. The minimum Gasteiger partial charge on any atom is -0.477 e. The van der Waals surface area contributed by atoms with Gasteiger partial charge in [-0.05, 0) is 12.1 Å². The maximum Gasteiger partial charge on any atom is 0.342 e. The fourth-order valence-electron chi connectivity index (χ4n) is 3.51. The lowest BCUT2D eigenvalue weighted by Gasteiger charge is -2.30. The zero-order valence-corrected chi connectivity index (χ0v) is 15.8. The van der Waals surface area contributed by atoms with E-state index in [0.29, 0.717) is 29.1 Å². The van der Waals surface area contributed by atoms with Crippen LogP contribution in [0.4, 0.5) is 15.9 Å². The highest BCUT2D eigenvalue weighted by atomic mass is 32.1. The molecule has 0 unspecified atom stereocenters. The maximum absolute atomic E-state index is 14.8. The van der Waals surface area contributed by atoms with Gasteiger partial charge < -0.3 is 20.2 Å². The normalized spacial score (nSPS) is 14.9. The van der Waals surface area contributed by atoms with Crippen molar-refractivity contribution < 1.29 is 14.3 Å². The first kappa shape index (κ1) is 17.7. The van der Waals surface area contributed by atoms with Crippen LogP contribution in [0, 0.1) is 5.82 Å². The molecule has 2 N–H and O–H groups in total. The third-order valence-electron chi connectivity index (χ3n) is 4.83. The smallest absolute Gasteiger partial charge is 0.342 e. The van der Waals surface area contributed by atoms with E-state index in [1.165, 1.54) is 17.4 Å². The molecule has 1 aliphatic heterocycles. The molecule has 0 spiro atoms. The quantitative estimate of drug-likeness (QED) is 0.711. The number of aromatic carboxylic acids is 1. The summed E-state index contributed by atoms with van der Waals surface area (Å²) in [5.74, 6) is -1.09. The van der Waals surface area contributed by atoms with Crippen molar-refractivity contribution in [2.75, 3.05) is 50.1 Å². The fraction of sp³-hybridized carbons (Fsp3) is 0.333. The molecule has 1 aliphatic rings. The van der Waals surface area contributed by atoms with Crippen molar-refractivity contribution in [1.29, 1.82) is 0 Å². The van der Waals surface area contributed by atoms with Gasteiger partial charge in [-0.15, -0.1) is 11.3 Å². The number of carbonyl (C=O) groups is 1. The highest BCUT2D eigenvalue weighted by molar-refractivity contribution is 7.16. The lowest BCUT2D eigenvalue weighted by atomic mass is 10.1. The van der Waals surface area contributed by atoms with Crippen molar-refractivity contribution in [2.45, 2.75) is 0 Å². The Hall–Kier alpha value is -2.65. The molecule has 9 heteroatoms. The van der Waals surface area contributed by atoms with E-state index >= 15 is 0 Å². The molecule has 3 aromatic rings. The van der Waals surface area contributed by atoms with Gasteiger partial charge in [0, 0.05) is 45.7 Å². The molecule has 27 heavy (non-hydrogen) atoms. The largest absolute Gasteiger partial charge is 0.477 e. The van der Waals surface area contributed by atoms with Crippen LogP contribution in [0.2, 0.25) is 0 Å². The van der Waals surface area contributed by atoms with E-state index in [2.05, 4.69) is 5.32 Å². The molecule has 0 atom stereocenters. The number of carboxylic acid groups (broad SMARTS) is 1. The molecule has 4 rings (SSSR count). The van der Waals surface area contributed by atoms with Gasteiger partial charge in [0.2, 0.25) is 5.43 Å². The minimum atomic E-state index is -1.31. The Kier molecular flexibility index (Phi) is 4.27. The van der Waals surface area contributed by atoms with Gasteiger partial charge in [-0.3, -0.25) is 9.20 Å². The summed E-state index contributed by atoms with van der Waals surface area (Å²) < 4.78 is 16.6. The predicted molar refractivity (Wildman–Crippen MR) is 105 cm³/mol. The summed E-state index contributed by atoms with van der Waals surface area (Å²) in [7, 11) is 3.68. The van der Waals surface area contributed by atoms with Crippen molar-refractivity contribution in [1.82, 2.24) is 9.72 Å². The molecular formula is C18H19FN4O3S. The Morgan fingerprint density at radius 3 is 2.63 bits per heavy atom. The monoisotopic (exact) mass is 390 g/mol. The number of nitrogens with zero attached hydrogens (tertiary/aromatic N) is 3. The summed E-state index contributed by atoms with van der Waals surface area (Å²) in [5.41, 5.74) is -0.0404. The summed E-state index contributed by atoms with van der Waals surface area (Å²) in [6, 6.07) is 2.83. The molecule has 1 saturated heterocycles. The zero-order valence-electron chi connectivity index (χ0n) is 15.0. The first-order valence-electron chi connectivity index (χ1n) is 8.56. The number of benzene rings is 1. The second-order valence-electron chi connectivity index (χ2n) is 6.70. The average molecular weight is 390 g/mol. The van der Waals surface area contributed by atoms with Crippen LogP contribution >= 0.6 is 11.3 Å². The maximum atomic E-state index is 14.8. The van der Waals surface area contributed by atoms with E-state index in [4.69, 9.17) is 0 Å². The number of hydrogen-bond acceptors (Lipinski definition) is 6. The van der Waals surface area contributed by atoms with Crippen LogP contribution in [-0.4, -0.2) is 55.8 Å². The van der Waals surface area contributed by atoms with Crippen molar-refractivity contribution in [2.24, 2.45) is 0 Å². The Balaban J connectivity index is 2.12. The second kappa shape index (κ2) is 6.50. The number of carboxylic acids is 1. The molecule has 3 heterocycles. The molecule has 7 nitrogen and oxygen atoms in total. The van der Waals surface area contributed by atoms with Crippen LogP contribution in [0.25, 0.3) is 15.7 Å². The molecule has 142 valence electrons. The Morgan fingerprint density at radius 2 is 2.00 bits per heavy atom. The lowest BCUT2D eigenvalue weighted by Crippen LogP contribution is -2.43. The predicted octanol–water partition coefficient (Wildman–Crippen LogP) is 1.83. The summed E-state index contributed by atoms with van der Waals surface area (Å²) in [6.45, 7) is 2.84. The van der Waals surface area contributed by atoms with E-state index in [-0.39, 0.29) is 10.9 Å². The first-order valence-corrected chi connectivity index (χ1v) is 9.44. The number of hydrogen-bond donors (Lipinski definition) is 2. The number of aromatic nitrogens is 1. The van der Waals surface area contributed by atoms with Gasteiger partial charge in [-0.25, -0.2) is 9.18 Å². The zero-order chi connectivity index (χ0) is 19.3. The van der Waals surface area contributed by atoms with Gasteiger partial charge in [0.25, 0.3) is 0 Å². The number of halogens is 1. The number of thiazole rings is 1. The number of fused-ring (bicyclic) bond motifs is 3. The molecule has 1 fully saturated rings. The van der Waals surface area contributed by atoms with E-state index in [9.17, 15) is 19.1 Å². The first-order chi connectivity index (χ1) is 12.9. The van der Waals surface area contributed by atoms with Gasteiger partial charge >= 0.3 is 5.97 Å². The Morgan fingerprint density at radius 1 is 1.30 bits per heavy atom. The van der Waals surface area contributed by atoms with Crippen LogP contribution in [0.1, 0.15) is 10.4 Å². The van der Waals surface area contributed by atoms with E-state index in [1.54, 1.807) is 15.8 Å². The molecule has 1 aromatic carbocycles. The van der Waals surface area contributed by atoms with Gasteiger partial charge in [-0.2, -0.15) is 0 Å². The topological polar surface area (TPSA) is 77.3 Å². The highest BCUT2D eigenvalue weighted by Crippen LogP contribution is 2.32. The van der Waals surface area contributed by atoms with Crippen LogP contribution in [0.5, 0.6) is 0 Å². The second-order valence-corrected chi connectivity index (χ2v) is 7.55. The number of rotatable bonds is 3. The summed E-state index contributed by atoms with van der Waals surface area (Å²) in [5, 5.41) is 14.7. The number of nitrogens with one attached hydrogen (secondary N) is 1. The van der Waals surface area contributed by atoms with E-state index in [1.807, 2.05) is 23.9 Å². The van der Waals surface area contributed by atoms with E-state index < -0.39 is 17.2 Å². The molecule has 2 aromatic heterocycles.